The minimum absolute atomic E-state index is 0.384. The van der Waals surface area contributed by atoms with E-state index >= 15 is 0 Å². The van der Waals surface area contributed by atoms with Gasteiger partial charge in [-0.1, -0.05) is 13.3 Å². The van der Waals surface area contributed by atoms with Crippen LogP contribution in [0.5, 0.6) is 0 Å². The summed E-state index contributed by atoms with van der Waals surface area (Å²) in [5.41, 5.74) is 0. The molecule has 1 heterocycles. The Balaban J connectivity index is 2.52. The summed E-state index contributed by atoms with van der Waals surface area (Å²) in [4.78, 5) is 26.6. The Morgan fingerprint density at radius 3 is 2.63 bits per heavy atom. The number of hydrogen-bond acceptors (Lipinski definition) is 4. The first-order valence-electron chi connectivity index (χ1n) is 6.16. The number of carboxylic acid groups (broad SMARTS) is 1. The highest BCUT2D eigenvalue weighted by Gasteiger charge is 2.21. The number of aliphatic carboxylic acids is 1. The second-order valence-corrected chi connectivity index (χ2v) is 4.33. The Kier molecular flexibility index (Phi) is 5.35. The average Bonchev–Trinajstić information content (AvgIpc) is 2.75. The molecule has 1 aromatic rings. The molecule has 2 atom stereocenters. The van der Waals surface area contributed by atoms with Gasteiger partial charge in [-0.2, -0.15) is 0 Å². The van der Waals surface area contributed by atoms with E-state index < -0.39 is 24.1 Å². The van der Waals surface area contributed by atoms with Crippen LogP contribution in [0.1, 0.15) is 44.4 Å². The lowest BCUT2D eigenvalue weighted by Gasteiger charge is -2.16. The van der Waals surface area contributed by atoms with Crippen LogP contribution < -0.4 is 10.6 Å². The Bertz CT molecular complexity index is 444. The summed E-state index contributed by atoms with van der Waals surface area (Å²) in [5, 5.41) is 13.9. The monoisotopic (exact) mass is 269 g/mol. The molecule has 0 saturated carbocycles. The molecule has 106 valence electrons. The van der Waals surface area contributed by atoms with E-state index in [9.17, 15) is 9.59 Å². The summed E-state index contributed by atoms with van der Waals surface area (Å²) in [6.07, 6.45) is 2.61. The highest BCUT2D eigenvalue weighted by Crippen LogP contribution is 2.11. The zero-order chi connectivity index (χ0) is 14.4. The van der Waals surface area contributed by atoms with Gasteiger partial charge in [0.25, 0.3) is 0 Å². The number of urea groups is 1. The maximum Gasteiger partial charge on any atom is 0.326 e. The highest BCUT2D eigenvalue weighted by molar-refractivity contribution is 5.82. The van der Waals surface area contributed by atoms with E-state index in [1.54, 1.807) is 20.0 Å². The van der Waals surface area contributed by atoms with Gasteiger partial charge in [-0.25, -0.2) is 14.6 Å². The van der Waals surface area contributed by atoms with Crippen LogP contribution >= 0.6 is 0 Å². The first kappa shape index (κ1) is 15.0. The van der Waals surface area contributed by atoms with Crippen molar-refractivity contribution in [2.75, 3.05) is 0 Å². The number of nitrogens with one attached hydrogen (secondary N) is 2. The number of hydrogen-bond donors (Lipinski definition) is 3. The second kappa shape index (κ2) is 6.77. The number of amides is 2. The van der Waals surface area contributed by atoms with Crippen molar-refractivity contribution in [2.24, 2.45) is 0 Å². The number of aryl methyl sites for hydroxylation is 1. The van der Waals surface area contributed by atoms with Crippen molar-refractivity contribution >= 4 is 12.0 Å². The van der Waals surface area contributed by atoms with Gasteiger partial charge in [0.1, 0.15) is 17.8 Å². The summed E-state index contributed by atoms with van der Waals surface area (Å²) in [6.45, 7) is 5.32. The Morgan fingerprint density at radius 2 is 2.16 bits per heavy atom. The molecule has 0 radical (unpaired) electrons. The predicted octanol–water partition coefficient (Wildman–Crippen LogP) is 1.60. The third-order valence-electron chi connectivity index (χ3n) is 2.54. The van der Waals surface area contributed by atoms with Gasteiger partial charge in [0, 0.05) is 0 Å². The number of aromatic nitrogens is 1. The predicted molar refractivity (Wildman–Crippen MR) is 67.7 cm³/mol. The number of carbonyl (C=O) groups excluding carboxylic acids is 1. The van der Waals surface area contributed by atoms with Crippen LogP contribution in [0.3, 0.4) is 0 Å². The molecule has 0 fully saturated rings. The van der Waals surface area contributed by atoms with Gasteiger partial charge < -0.3 is 20.2 Å². The van der Waals surface area contributed by atoms with Gasteiger partial charge in [0.05, 0.1) is 6.20 Å². The molecule has 3 N–H and O–H groups in total. The van der Waals surface area contributed by atoms with E-state index in [-0.39, 0.29) is 0 Å². The molecule has 0 spiro atoms. The molecule has 0 bridgehead atoms. The normalized spacial score (nSPS) is 13.6. The van der Waals surface area contributed by atoms with E-state index in [1.807, 2.05) is 6.92 Å². The minimum atomic E-state index is -1.04. The molecule has 0 aliphatic rings. The summed E-state index contributed by atoms with van der Waals surface area (Å²) in [5.74, 6) is -0.00917. The summed E-state index contributed by atoms with van der Waals surface area (Å²) in [6, 6.07) is -1.86. The molecule has 1 rings (SSSR count). The number of nitrogens with zero attached hydrogens (tertiary/aromatic N) is 1. The van der Waals surface area contributed by atoms with Crippen LogP contribution in [0.25, 0.3) is 0 Å². The van der Waals surface area contributed by atoms with Gasteiger partial charge in [0.15, 0.2) is 0 Å². The smallest absolute Gasteiger partial charge is 0.326 e. The lowest BCUT2D eigenvalue weighted by molar-refractivity contribution is -0.139. The molecule has 0 saturated heterocycles. The van der Waals surface area contributed by atoms with E-state index in [0.717, 1.165) is 0 Å². The fourth-order valence-corrected chi connectivity index (χ4v) is 1.58. The number of carbonyl (C=O) groups is 2. The average molecular weight is 269 g/mol. The van der Waals surface area contributed by atoms with Gasteiger partial charge in [-0.3, -0.25) is 0 Å². The molecule has 0 aliphatic carbocycles. The summed E-state index contributed by atoms with van der Waals surface area (Å²) in [7, 11) is 0. The zero-order valence-corrected chi connectivity index (χ0v) is 11.3. The van der Waals surface area contributed by atoms with E-state index in [1.165, 1.54) is 0 Å². The number of oxazole rings is 1. The molecule has 1 aromatic heterocycles. The van der Waals surface area contributed by atoms with Crippen molar-refractivity contribution in [3.63, 3.8) is 0 Å². The second-order valence-electron chi connectivity index (χ2n) is 4.33. The SMILES string of the molecule is CCC[C@H](NC(=O)NC(C)c1ncc(C)o1)C(=O)O. The molecule has 7 nitrogen and oxygen atoms in total. The van der Waals surface area contributed by atoms with Crippen LogP contribution in [-0.2, 0) is 4.79 Å². The number of rotatable bonds is 6. The van der Waals surface area contributed by atoms with Gasteiger partial charge >= 0.3 is 12.0 Å². The van der Waals surface area contributed by atoms with Crippen molar-refractivity contribution in [2.45, 2.75) is 45.7 Å². The lowest BCUT2D eigenvalue weighted by Crippen LogP contribution is -2.46. The molecule has 0 aliphatic heterocycles. The van der Waals surface area contributed by atoms with Crippen LogP contribution in [0.2, 0.25) is 0 Å². The molecule has 0 aromatic carbocycles. The van der Waals surface area contributed by atoms with Crippen LogP contribution in [0, 0.1) is 6.92 Å². The first-order valence-corrected chi connectivity index (χ1v) is 6.16. The van der Waals surface area contributed by atoms with E-state index in [2.05, 4.69) is 15.6 Å². The molecular formula is C12H19N3O4. The van der Waals surface area contributed by atoms with Crippen LogP contribution in [0.15, 0.2) is 10.6 Å². The topological polar surface area (TPSA) is 104 Å². The maximum absolute atomic E-state index is 11.7. The van der Waals surface area contributed by atoms with Crippen molar-refractivity contribution in [3.05, 3.63) is 17.8 Å². The Hall–Kier alpha value is -2.05. The van der Waals surface area contributed by atoms with Gasteiger partial charge in [0.2, 0.25) is 5.89 Å². The molecular weight excluding hydrogens is 250 g/mol. The van der Waals surface area contributed by atoms with E-state index in [4.69, 9.17) is 9.52 Å². The third kappa shape index (κ3) is 4.61. The van der Waals surface area contributed by atoms with Crippen LogP contribution in [-0.4, -0.2) is 28.1 Å². The lowest BCUT2D eigenvalue weighted by atomic mass is 10.2. The fraction of sp³-hybridized carbons (Fsp3) is 0.583. The molecule has 7 heteroatoms. The first-order chi connectivity index (χ1) is 8.93. The largest absolute Gasteiger partial charge is 0.480 e. The minimum Gasteiger partial charge on any atom is -0.480 e. The number of carboxylic acids is 1. The molecule has 1 unspecified atom stereocenters. The third-order valence-corrected chi connectivity index (χ3v) is 2.54. The van der Waals surface area contributed by atoms with Crippen molar-refractivity contribution < 1.29 is 19.1 Å². The molecule has 2 amide bonds. The maximum atomic E-state index is 11.7. The highest BCUT2D eigenvalue weighted by atomic mass is 16.4. The zero-order valence-electron chi connectivity index (χ0n) is 11.3. The van der Waals surface area contributed by atoms with E-state index in [0.29, 0.717) is 24.5 Å². The Morgan fingerprint density at radius 1 is 1.47 bits per heavy atom. The fourth-order valence-electron chi connectivity index (χ4n) is 1.58. The molecule has 19 heavy (non-hydrogen) atoms. The standard InChI is InChI=1S/C12H19N3O4/c1-4-5-9(11(16)17)15-12(18)14-8(3)10-13-6-7(2)19-10/h6,8-9H,4-5H2,1-3H3,(H,16,17)(H2,14,15,18)/t8?,9-/m0/s1. The summed E-state index contributed by atoms with van der Waals surface area (Å²) < 4.78 is 5.28. The van der Waals surface area contributed by atoms with Crippen molar-refractivity contribution in [1.82, 2.24) is 15.6 Å². The van der Waals surface area contributed by atoms with Crippen molar-refractivity contribution in [3.8, 4) is 0 Å². The summed E-state index contributed by atoms with van der Waals surface area (Å²) >= 11 is 0. The van der Waals surface area contributed by atoms with Gasteiger partial charge in [-0.05, 0) is 20.3 Å². The quantitative estimate of drug-likeness (QED) is 0.727. The van der Waals surface area contributed by atoms with Crippen LogP contribution in [0.4, 0.5) is 4.79 Å². The van der Waals surface area contributed by atoms with Crippen molar-refractivity contribution in [1.29, 1.82) is 0 Å². The Labute approximate surface area is 111 Å². The van der Waals surface area contributed by atoms with Gasteiger partial charge in [-0.15, -0.1) is 0 Å².